The number of hydrogen-bond donors (Lipinski definition) is 2. The Hall–Kier alpha value is -4.17. The Kier molecular flexibility index (Phi) is 29.9. The Bertz CT molecular complexity index is 1450. The first kappa shape index (κ1) is 52.0. The molecular formula is C48H70O12. The van der Waals surface area contributed by atoms with Gasteiger partial charge in [-0.25, -0.2) is 14.4 Å². The van der Waals surface area contributed by atoms with Crippen LogP contribution in [0.3, 0.4) is 0 Å². The fourth-order valence-electron chi connectivity index (χ4n) is 6.11. The Labute approximate surface area is 357 Å². The molecule has 4 rings (SSSR count). The minimum absolute atomic E-state index is 0.0321. The zero-order valence-corrected chi connectivity index (χ0v) is 36.2. The number of ether oxygens (including phenoxy) is 7. The predicted octanol–water partition coefficient (Wildman–Crippen LogP) is 8.12. The number of unbranched alkanes of at least 4 members (excludes halogenated alkanes) is 5. The zero-order valence-electron chi connectivity index (χ0n) is 36.2. The number of methoxy groups -OCH3 is 3. The molecule has 1 unspecified atom stereocenters. The van der Waals surface area contributed by atoms with Crippen LogP contribution in [0.1, 0.15) is 125 Å². The summed E-state index contributed by atoms with van der Waals surface area (Å²) < 4.78 is 36.0. The molecule has 12 heteroatoms. The minimum Gasteiger partial charge on any atom is -0.465 e. The van der Waals surface area contributed by atoms with E-state index in [1.54, 1.807) is 12.1 Å². The van der Waals surface area contributed by atoms with Gasteiger partial charge in [0.25, 0.3) is 0 Å². The third-order valence-electron chi connectivity index (χ3n) is 9.62. The number of carbonyl (C=O) groups excluding carboxylic acids is 3. The van der Waals surface area contributed by atoms with Crippen LogP contribution in [-0.2, 0) is 52.4 Å². The standard InChI is InChI=1S/C19H28O5.C15H22O3.C14H20O4/c1-21-19(20)17-10-8-16(9-11-17)6-2-4-12-22-14-15-24-18-7-3-5-13-23-18;1-18-15(17)14-10-8-13(9-11-14)7-5-3-2-4-6-12-16;1-17-14(16)13-7-5-12(6-8-13)4-2-10-18-11-3-9-15/h8-11,18H,2-7,12-15H2,1H3;8-11,16H,2-7,12H2,1H3;5-8,15H,2-4,9-11H2,1H3. The van der Waals surface area contributed by atoms with Gasteiger partial charge in [-0.05, 0) is 130 Å². The number of aliphatic hydroxyl groups is 2. The van der Waals surface area contributed by atoms with E-state index in [1.807, 2.05) is 60.7 Å². The van der Waals surface area contributed by atoms with Crippen LogP contribution in [0.25, 0.3) is 0 Å². The molecule has 1 atom stereocenters. The molecule has 0 saturated carbocycles. The van der Waals surface area contributed by atoms with Crippen LogP contribution in [0, 0.1) is 0 Å². The van der Waals surface area contributed by atoms with E-state index in [2.05, 4.69) is 14.2 Å². The van der Waals surface area contributed by atoms with E-state index in [0.717, 1.165) is 83.8 Å². The maximum Gasteiger partial charge on any atom is 0.337 e. The molecule has 0 bridgehead atoms. The zero-order chi connectivity index (χ0) is 43.5. The van der Waals surface area contributed by atoms with Crippen LogP contribution in [-0.4, -0.2) is 109 Å². The molecule has 3 aromatic carbocycles. The lowest BCUT2D eigenvalue weighted by atomic mass is 10.0. The van der Waals surface area contributed by atoms with Crippen molar-refractivity contribution in [3.8, 4) is 0 Å². The van der Waals surface area contributed by atoms with Gasteiger partial charge in [-0.1, -0.05) is 55.7 Å². The molecule has 1 heterocycles. The summed E-state index contributed by atoms with van der Waals surface area (Å²) >= 11 is 0. The van der Waals surface area contributed by atoms with Crippen molar-refractivity contribution in [2.24, 2.45) is 0 Å². The molecule has 0 aromatic heterocycles. The second-order valence-electron chi connectivity index (χ2n) is 14.3. The van der Waals surface area contributed by atoms with E-state index in [1.165, 1.54) is 57.3 Å². The molecule has 60 heavy (non-hydrogen) atoms. The van der Waals surface area contributed by atoms with Gasteiger partial charge in [0.05, 0.1) is 51.2 Å². The van der Waals surface area contributed by atoms with Crippen molar-refractivity contribution < 1.29 is 57.8 Å². The lowest BCUT2D eigenvalue weighted by Gasteiger charge is -2.22. The second kappa shape index (κ2) is 34.5. The number of aryl methyl sites for hydroxylation is 3. The van der Waals surface area contributed by atoms with Crippen molar-refractivity contribution in [3.05, 3.63) is 106 Å². The molecule has 0 radical (unpaired) electrons. The van der Waals surface area contributed by atoms with Gasteiger partial charge >= 0.3 is 17.9 Å². The third kappa shape index (κ3) is 24.2. The number of aliphatic hydroxyl groups excluding tert-OH is 2. The SMILES string of the molecule is COC(=O)c1ccc(CCCCCCCO)cc1.COC(=O)c1ccc(CCCCOCCOC2CCCCO2)cc1.COC(=O)c1ccc(CCCOCCCO)cc1. The maximum absolute atomic E-state index is 11.4. The molecule has 12 nitrogen and oxygen atoms in total. The van der Waals surface area contributed by atoms with Crippen LogP contribution >= 0.6 is 0 Å². The van der Waals surface area contributed by atoms with Gasteiger partial charge in [0, 0.05) is 39.6 Å². The number of benzene rings is 3. The first-order valence-corrected chi connectivity index (χ1v) is 21.5. The number of esters is 3. The van der Waals surface area contributed by atoms with E-state index in [9.17, 15) is 14.4 Å². The topological polar surface area (TPSA) is 156 Å². The summed E-state index contributed by atoms with van der Waals surface area (Å²) in [6.07, 6.45) is 15.5. The van der Waals surface area contributed by atoms with Gasteiger partial charge < -0.3 is 43.4 Å². The van der Waals surface area contributed by atoms with Crippen LogP contribution in [0.2, 0.25) is 0 Å². The largest absolute Gasteiger partial charge is 0.465 e. The fraction of sp³-hybridized carbons (Fsp3) is 0.562. The van der Waals surface area contributed by atoms with Crippen LogP contribution < -0.4 is 0 Å². The summed E-state index contributed by atoms with van der Waals surface area (Å²) in [7, 11) is 4.16. The predicted molar refractivity (Wildman–Crippen MR) is 231 cm³/mol. The van der Waals surface area contributed by atoms with Gasteiger partial charge in [-0.15, -0.1) is 0 Å². The van der Waals surface area contributed by atoms with Gasteiger partial charge in [-0.3, -0.25) is 0 Å². The molecule has 0 amide bonds. The molecule has 334 valence electrons. The lowest BCUT2D eigenvalue weighted by molar-refractivity contribution is -0.169. The highest BCUT2D eigenvalue weighted by Crippen LogP contribution is 2.14. The maximum atomic E-state index is 11.4. The summed E-state index contributed by atoms with van der Waals surface area (Å²) in [5, 5.41) is 17.2. The summed E-state index contributed by atoms with van der Waals surface area (Å²) in [5.74, 6) is -0.893. The van der Waals surface area contributed by atoms with Crippen LogP contribution in [0.4, 0.5) is 0 Å². The molecule has 1 aliphatic heterocycles. The summed E-state index contributed by atoms with van der Waals surface area (Å²) in [6, 6.07) is 22.6. The van der Waals surface area contributed by atoms with Crippen molar-refractivity contribution >= 4 is 17.9 Å². The first-order valence-electron chi connectivity index (χ1n) is 21.5. The lowest BCUT2D eigenvalue weighted by Crippen LogP contribution is -2.24. The van der Waals surface area contributed by atoms with Crippen LogP contribution in [0.5, 0.6) is 0 Å². The molecule has 1 fully saturated rings. The smallest absolute Gasteiger partial charge is 0.337 e. The van der Waals surface area contributed by atoms with Crippen molar-refractivity contribution in [1.29, 1.82) is 0 Å². The molecule has 1 saturated heterocycles. The van der Waals surface area contributed by atoms with Crippen LogP contribution in [0.15, 0.2) is 72.8 Å². The molecule has 0 aliphatic carbocycles. The second-order valence-corrected chi connectivity index (χ2v) is 14.3. The molecule has 3 aromatic rings. The van der Waals surface area contributed by atoms with Crippen molar-refractivity contribution in [2.45, 2.75) is 103 Å². The van der Waals surface area contributed by atoms with E-state index < -0.39 is 0 Å². The number of hydrogen-bond acceptors (Lipinski definition) is 12. The van der Waals surface area contributed by atoms with E-state index in [-0.39, 0.29) is 30.8 Å². The Morgan fingerprint density at radius 2 is 0.917 bits per heavy atom. The fourth-order valence-corrected chi connectivity index (χ4v) is 6.11. The summed E-state index contributed by atoms with van der Waals surface area (Å²) in [5.41, 5.74) is 5.41. The van der Waals surface area contributed by atoms with Gasteiger partial charge in [-0.2, -0.15) is 0 Å². The molecular weight excluding hydrogens is 769 g/mol. The van der Waals surface area contributed by atoms with Gasteiger partial charge in [0.1, 0.15) is 0 Å². The normalized spacial score (nSPS) is 13.2. The van der Waals surface area contributed by atoms with E-state index in [4.69, 9.17) is 29.2 Å². The Balaban J connectivity index is 0.000000315. The first-order chi connectivity index (χ1) is 29.3. The highest BCUT2D eigenvalue weighted by atomic mass is 16.7. The average Bonchev–Trinajstić information content (AvgIpc) is 3.30. The Morgan fingerprint density at radius 1 is 0.500 bits per heavy atom. The number of carbonyl (C=O) groups is 3. The monoisotopic (exact) mass is 838 g/mol. The third-order valence-corrected chi connectivity index (χ3v) is 9.62. The molecule has 2 N–H and O–H groups in total. The average molecular weight is 839 g/mol. The summed E-state index contributed by atoms with van der Waals surface area (Å²) in [6.45, 7) is 4.55. The van der Waals surface area contributed by atoms with Crippen molar-refractivity contribution in [2.75, 3.05) is 74.2 Å². The minimum atomic E-state index is -0.311. The van der Waals surface area contributed by atoms with Crippen molar-refractivity contribution in [1.82, 2.24) is 0 Å². The van der Waals surface area contributed by atoms with E-state index in [0.29, 0.717) is 56.1 Å². The summed E-state index contributed by atoms with van der Waals surface area (Å²) in [4.78, 5) is 33.8. The van der Waals surface area contributed by atoms with Gasteiger partial charge in [0.15, 0.2) is 6.29 Å². The number of rotatable bonds is 26. The quantitative estimate of drug-likeness (QED) is 0.0456. The van der Waals surface area contributed by atoms with Gasteiger partial charge in [0.2, 0.25) is 0 Å². The highest BCUT2D eigenvalue weighted by Gasteiger charge is 2.13. The van der Waals surface area contributed by atoms with Crippen molar-refractivity contribution in [3.63, 3.8) is 0 Å². The van der Waals surface area contributed by atoms with E-state index >= 15 is 0 Å². The highest BCUT2D eigenvalue weighted by molar-refractivity contribution is 5.90. The molecule has 0 spiro atoms. The Morgan fingerprint density at radius 3 is 1.38 bits per heavy atom. The molecule has 1 aliphatic rings.